The number of rotatable bonds is 1. The van der Waals surface area contributed by atoms with Crippen LogP contribution in [-0.4, -0.2) is 33.8 Å². The van der Waals surface area contributed by atoms with E-state index in [1.54, 1.807) is 12.3 Å². The first kappa shape index (κ1) is 10.7. The van der Waals surface area contributed by atoms with Crippen LogP contribution in [-0.2, 0) is 10.8 Å². The van der Waals surface area contributed by atoms with E-state index in [9.17, 15) is 4.21 Å². The quantitative estimate of drug-likeness (QED) is 0.798. The van der Waals surface area contributed by atoms with E-state index in [4.69, 9.17) is 17.3 Å². The van der Waals surface area contributed by atoms with E-state index in [-0.39, 0.29) is 0 Å². The van der Waals surface area contributed by atoms with Crippen molar-refractivity contribution in [3.63, 3.8) is 0 Å². The molecule has 1 aromatic heterocycles. The minimum Gasteiger partial charge on any atom is -0.397 e. The molecule has 1 aliphatic heterocycles. The Labute approximate surface area is 95.9 Å². The molecule has 6 heteroatoms. The number of hydrogen-bond acceptors (Lipinski definition) is 4. The molecule has 0 spiro atoms. The third kappa shape index (κ3) is 2.41. The summed E-state index contributed by atoms with van der Waals surface area (Å²) in [6.07, 6.45) is 1.59. The summed E-state index contributed by atoms with van der Waals surface area (Å²) in [6.45, 7) is 1.48. The van der Waals surface area contributed by atoms with Gasteiger partial charge < -0.3 is 10.6 Å². The molecule has 4 nitrogen and oxygen atoms in total. The fourth-order valence-electron chi connectivity index (χ4n) is 1.53. The summed E-state index contributed by atoms with van der Waals surface area (Å²) < 4.78 is 11.2. The number of aromatic nitrogens is 1. The number of nitrogens with two attached hydrogens (primary N) is 1. The Morgan fingerprint density at radius 3 is 2.73 bits per heavy atom. The summed E-state index contributed by atoms with van der Waals surface area (Å²) in [6, 6.07) is 1.69. The van der Waals surface area contributed by atoms with Crippen molar-refractivity contribution in [2.24, 2.45) is 0 Å². The van der Waals surface area contributed by atoms with Gasteiger partial charge in [-0.15, -0.1) is 0 Å². The molecule has 1 aliphatic rings. The summed E-state index contributed by atoms with van der Waals surface area (Å²) in [5, 5.41) is 0.558. The maximum Gasteiger partial charge on any atom is 0.147 e. The molecule has 0 aliphatic carbocycles. The number of nitrogens with zero attached hydrogens (tertiary/aromatic N) is 2. The van der Waals surface area contributed by atoms with Crippen LogP contribution in [0, 0.1) is 0 Å². The van der Waals surface area contributed by atoms with Crippen molar-refractivity contribution in [2.75, 3.05) is 35.2 Å². The standard InChI is InChI=1S/C9H12ClN3OS/c10-8-5-7(11)6-12-9(8)13-1-3-15(14)4-2-13/h5-6H,1-4,11H2. The van der Waals surface area contributed by atoms with E-state index >= 15 is 0 Å². The lowest BCUT2D eigenvalue weighted by molar-refractivity contribution is 0.672. The van der Waals surface area contributed by atoms with Crippen LogP contribution in [0.15, 0.2) is 12.3 Å². The lowest BCUT2D eigenvalue weighted by atomic mass is 10.3. The predicted molar refractivity (Wildman–Crippen MR) is 63.7 cm³/mol. The highest BCUT2D eigenvalue weighted by Gasteiger charge is 2.18. The van der Waals surface area contributed by atoms with Gasteiger partial charge in [0.25, 0.3) is 0 Å². The first-order valence-electron chi connectivity index (χ1n) is 4.68. The lowest BCUT2D eigenvalue weighted by Gasteiger charge is -2.27. The molecule has 2 heterocycles. The average Bonchev–Trinajstić information content (AvgIpc) is 2.20. The highest BCUT2D eigenvalue weighted by Crippen LogP contribution is 2.25. The predicted octanol–water partition coefficient (Wildman–Crippen LogP) is 0.886. The van der Waals surface area contributed by atoms with Crippen LogP contribution in [0.3, 0.4) is 0 Å². The molecule has 0 amide bonds. The van der Waals surface area contributed by atoms with Gasteiger partial charge in [-0.05, 0) is 6.07 Å². The highest BCUT2D eigenvalue weighted by atomic mass is 35.5. The van der Waals surface area contributed by atoms with Crippen molar-refractivity contribution >= 4 is 33.9 Å². The van der Waals surface area contributed by atoms with Gasteiger partial charge in [0, 0.05) is 35.4 Å². The van der Waals surface area contributed by atoms with Gasteiger partial charge in [0.1, 0.15) is 5.82 Å². The Hall–Kier alpha value is -0.810. The molecule has 0 bridgehead atoms. The van der Waals surface area contributed by atoms with Gasteiger partial charge in [-0.1, -0.05) is 11.6 Å². The maximum absolute atomic E-state index is 11.2. The van der Waals surface area contributed by atoms with Gasteiger partial charge in [0.05, 0.1) is 16.9 Å². The van der Waals surface area contributed by atoms with E-state index in [0.29, 0.717) is 22.2 Å². The number of anilines is 2. The second kappa shape index (κ2) is 4.37. The average molecular weight is 246 g/mol. The smallest absolute Gasteiger partial charge is 0.147 e. The van der Waals surface area contributed by atoms with Crippen LogP contribution in [0.5, 0.6) is 0 Å². The van der Waals surface area contributed by atoms with E-state index in [1.807, 2.05) is 4.90 Å². The minimum absolute atomic E-state index is 0.558. The van der Waals surface area contributed by atoms with Gasteiger partial charge in [-0.2, -0.15) is 0 Å². The molecule has 0 aromatic carbocycles. The Kier molecular flexibility index (Phi) is 3.11. The summed E-state index contributed by atoms with van der Waals surface area (Å²) >= 11 is 6.04. The van der Waals surface area contributed by atoms with Crippen LogP contribution in [0.25, 0.3) is 0 Å². The molecule has 0 radical (unpaired) electrons. The van der Waals surface area contributed by atoms with Crippen LogP contribution in [0.2, 0.25) is 5.02 Å². The zero-order valence-electron chi connectivity index (χ0n) is 8.15. The molecule has 0 atom stereocenters. The fraction of sp³-hybridized carbons (Fsp3) is 0.444. The van der Waals surface area contributed by atoms with E-state index in [1.165, 1.54) is 0 Å². The van der Waals surface area contributed by atoms with Crippen LogP contribution >= 0.6 is 11.6 Å². The Balaban J connectivity index is 2.19. The van der Waals surface area contributed by atoms with Gasteiger partial charge in [0.15, 0.2) is 0 Å². The van der Waals surface area contributed by atoms with Crippen molar-refractivity contribution in [1.29, 1.82) is 0 Å². The second-order valence-corrected chi connectivity index (χ2v) is 5.51. The SMILES string of the molecule is Nc1cnc(N2CCS(=O)CC2)c(Cl)c1. The highest BCUT2D eigenvalue weighted by molar-refractivity contribution is 7.85. The normalized spacial score (nSPS) is 18.1. The number of nitrogen functional groups attached to an aromatic ring is 1. The molecular formula is C9H12ClN3OS. The largest absolute Gasteiger partial charge is 0.397 e. The van der Waals surface area contributed by atoms with Crippen molar-refractivity contribution in [2.45, 2.75) is 0 Å². The van der Waals surface area contributed by atoms with Crippen LogP contribution in [0.1, 0.15) is 0 Å². The first-order valence-corrected chi connectivity index (χ1v) is 6.54. The van der Waals surface area contributed by atoms with E-state index < -0.39 is 10.8 Å². The third-order valence-corrected chi connectivity index (χ3v) is 3.87. The van der Waals surface area contributed by atoms with Crippen molar-refractivity contribution in [1.82, 2.24) is 4.98 Å². The lowest BCUT2D eigenvalue weighted by Crippen LogP contribution is -2.38. The Morgan fingerprint density at radius 1 is 1.47 bits per heavy atom. The molecule has 1 saturated heterocycles. The molecule has 0 saturated carbocycles. The molecule has 82 valence electrons. The van der Waals surface area contributed by atoms with Crippen molar-refractivity contribution < 1.29 is 4.21 Å². The number of hydrogen-bond donors (Lipinski definition) is 1. The summed E-state index contributed by atoms with van der Waals surface area (Å²) in [7, 11) is -0.683. The van der Waals surface area contributed by atoms with Gasteiger partial charge in [-0.3, -0.25) is 4.21 Å². The topological polar surface area (TPSA) is 59.2 Å². The molecule has 2 rings (SSSR count). The molecule has 2 N–H and O–H groups in total. The Bertz CT molecular complexity index is 389. The fourth-order valence-corrected chi connectivity index (χ4v) is 2.87. The summed E-state index contributed by atoms with van der Waals surface area (Å²) in [4.78, 5) is 6.24. The van der Waals surface area contributed by atoms with Crippen LogP contribution < -0.4 is 10.6 Å². The molecule has 1 fully saturated rings. The van der Waals surface area contributed by atoms with Gasteiger partial charge in [0.2, 0.25) is 0 Å². The van der Waals surface area contributed by atoms with Crippen LogP contribution in [0.4, 0.5) is 11.5 Å². The van der Waals surface area contributed by atoms with E-state index in [0.717, 1.165) is 18.9 Å². The van der Waals surface area contributed by atoms with Crippen molar-refractivity contribution in [3.8, 4) is 0 Å². The Morgan fingerprint density at radius 2 is 2.13 bits per heavy atom. The van der Waals surface area contributed by atoms with Gasteiger partial charge in [-0.25, -0.2) is 4.98 Å². The van der Waals surface area contributed by atoms with E-state index in [2.05, 4.69) is 4.98 Å². The molecular weight excluding hydrogens is 234 g/mol. The number of pyridine rings is 1. The minimum atomic E-state index is -0.683. The summed E-state index contributed by atoms with van der Waals surface area (Å²) in [5.74, 6) is 2.10. The maximum atomic E-state index is 11.2. The molecule has 0 unspecified atom stereocenters. The molecule has 15 heavy (non-hydrogen) atoms. The summed E-state index contributed by atoms with van der Waals surface area (Å²) in [5.41, 5.74) is 6.12. The van der Waals surface area contributed by atoms with Gasteiger partial charge >= 0.3 is 0 Å². The zero-order chi connectivity index (χ0) is 10.8. The number of halogens is 1. The monoisotopic (exact) mass is 245 g/mol. The second-order valence-electron chi connectivity index (χ2n) is 3.41. The first-order chi connectivity index (χ1) is 7.16. The third-order valence-electron chi connectivity index (χ3n) is 2.32. The molecule has 1 aromatic rings. The van der Waals surface area contributed by atoms with Crippen molar-refractivity contribution in [3.05, 3.63) is 17.3 Å². The zero-order valence-corrected chi connectivity index (χ0v) is 9.72.